The van der Waals surface area contributed by atoms with Gasteiger partial charge in [-0.1, -0.05) is 55.8 Å². The van der Waals surface area contributed by atoms with Gasteiger partial charge in [0.1, 0.15) is 0 Å². The molecule has 0 aliphatic rings. The summed E-state index contributed by atoms with van der Waals surface area (Å²) in [6.45, 7) is 8.47. The molecule has 3 aromatic rings. The molecule has 1 heterocycles. The maximum absolute atomic E-state index is 13.6. The lowest BCUT2D eigenvalue weighted by Crippen LogP contribution is -2.39. The molecule has 0 fully saturated rings. The van der Waals surface area contributed by atoms with Gasteiger partial charge >= 0.3 is 0 Å². The van der Waals surface area contributed by atoms with E-state index in [2.05, 4.69) is 23.7 Å². The second-order valence-corrected chi connectivity index (χ2v) is 10.7. The molecule has 0 aliphatic carbocycles. The SMILES string of the molecule is CCN(CC)CCN(C(=O)c1ccccc1S(=O)(=O)CC)c1nc2ccc(Cl)cc2s1. The zero-order chi connectivity index (χ0) is 22.6. The summed E-state index contributed by atoms with van der Waals surface area (Å²) < 4.78 is 26.1. The third-order valence-corrected chi connectivity index (χ3v) is 8.24. The zero-order valence-electron chi connectivity index (χ0n) is 17.8. The molecule has 0 atom stereocenters. The minimum Gasteiger partial charge on any atom is -0.302 e. The highest BCUT2D eigenvalue weighted by molar-refractivity contribution is 7.91. The quantitative estimate of drug-likeness (QED) is 0.443. The summed E-state index contributed by atoms with van der Waals surface area (Å²) in [7, 11) is -3.55. The number of hydrogen-bond donors (Lipinski definition) is 0. The molecule has 1 aromatic heterocycles. The number of thiazole rings is 1. The number of rotatable bonds is 9. The van der Waals surface area contributed by atoms with Gasteiger partial charge in [0.15, 0.2) is 15.0 Å². The fourth-order valence-electron chi connectivity index (χ4n) is 3.28. The molecule has 0 bridgehead atoms. The highest BCUT2D eigenvalue weighted by Crippen LogP contribution is 2.32. The van der Waals surface area contributed by atoms with E-state index in [1.807, 2.05) is 12.1 Å². The number of aromatic nitrogens is 1. The maximum Gasteiger partial charge on any atom is 0.261 e. The van der Waals surface area contributed by atoms with Crippen molar-refractivity contribution in [3.63, 3.8) is 0 Å². The Bertz CT molecular complexity index is 1170. The van der Waals surface area contributed by atoms with Crippen molar-refractivity contribution in [2.24, 2.45) is 0 Å². The number of sulfone groups is 1. The first-order chi connectivity index (χ1) is 14.8. The second-order valence-electron chi connectivity index (χ2n) is 6.99. The van der Waals surface area contributed by atoms with Crippen molar-refractivity contribution < 1.29 is 13.2 Å². The van der Waals surface area contributed by atoms with Crippen molar-refractivity contribution in [1.29, 1.82) is 0 Å². The Morgan fingerprint density at radius 3 is 2.45 bits per heavy atom. The number of likely N-dealkylation sites (N-methyl/N-ethyl adjacent to an activating group) is 1. The van der Waals surface area contributed by atoms with Crippen molar-refractivity contribution in [2.75, 3.05) is 36.8 Å². The molecule has 2 aromatic carbocycles. The predicted octanol–water partition coefficient (Wildman–Crippen LogP) is 4.73. The molecule has 0 saturated carbocycles. The van der Waals surface area contributed by atoms with Crippen molar-refractivity contribution in [3.8, 4) is 0 Å². The number of carbonyl (C=O) groups is 1. The van der Waals surface area contributed by atoms with Crippen molar-refractivity contribution in [1.82, 2.24) is 9.88 Å². The maximum atomic E-state index is 13.6. The fourth-order valence-corrected chi connectivity index (χ4v) is 5.64. The van der Waals surface area contributed by atoms with E-state index in [-0.39, 0.29) is 22.1 Å². The Balaban J connectivity index is 2.07. The Kier molecular flexibility index (Phi) is 7.69. The molecule has 0 saturated heterocycles. The Morgan fingerprint density at radius 2 is 1.77 bits per heavy atom. The Morgan fingerprint density at radius 1 is 1.06 bits per heavy atom. The molecule has 0 unspecified atom stereocenters. The van der Waals surface area contributed by atoms with Crippen LogP contribution >= 0.6 is 22.9 Å². The number of carbonyl (C=O) groups excluding carboxylic acids is 1. The van der Waals surface area contributed by atoms with Crippen LogP contribution in [0.15, 0.2) is 47.4 Å². The minimum absolute atomic E-state index is 0.0551. The lowest BCUT2D eigenvalue weighted by atomic mass is 10.2. The van der Waals surface area contributed by atoms with Crippen LogP contribution in [-0.4, -0.2) is 56.1 Å². The van der Waals surface area contributed by atoms with E-state index in [1.54, 1.807) is 36.1 Å². The summed E-state index contributed by atoms with van der Waals surface area (Å²) in [5.41, 5.74) is 0.917. The highest BCUT2D eigenvalue weighted by atomic mass is 35.5. The van der Waals surface area contributed by atoms with E-state index < -0.39 is 9.84 Å². The van der Waals surface area contributed by atoms with Crippen molar-refractivity contribution in [3.05, 3.63) is 53.1 Å². The smallest absolute Gasteiger partial charge is 0.261 e. The van der Waals surface area contributed by atoms with E-state index in [4.69, 9.17) is 11.6 Å². The van der Waals surface area contributed by atoms with Gasteiger partial charge < -0.3 is 4.90 Å². The lowest BCUT2D eigenvalue weighted by molar-refractivity contribution is 0.0980. The van der Waals surface area contributed by atoms with Crippen LogP contribution in [0.25, 0.3) is 10.2 Å². The third-order valence-electron chi connectivity index (χ3n) is 5.18. The van der Waals surface area contributed by atoms with Gasteiger partial charge in [-0.25, -0.2) is 13.4 Å². The van der Waals surface area contributed by atoms with Gasteiger partial charge in [0.2, 0.25) is 0 Å². The molecule has 0 radical (unpaired) electrons. The molecule has 166 valence electrons. The first kappa shape index (κ1) is 23.7. The number of amides is 1. The molecule has 1 amide bonds. The molecular weight excluding hydrogens is 454 g/mol. The number of nitrogens with zero attached hydrogens (tertiary/aromatic N) is 3. The van der Waals surface area contributed by atoms with E-state index in [9.17, 15) is 13.2 Å². The highest BCUT2D eigenvalue weighted by Gasteiger charge is 2.27. The standard InChI is InChI=1S/C22H26ClN3O3S2/c1-4-25(5-2)13-14-26(22-24-18-12-11-16(23)15-19(18)30-22)21(27)17-9-7-8-10-20(17)31(28,29)6-3/h7-12,15H,4-6,13-14H2,1-3H3. The molecular formula is C22H26ClN3O3S2. The molecule has 31 heavy (non-hydrogen) atoms. The van der Waals surface area contributed by atoms with Crippen LogP contribution in [0.2, 0.25) is 5.02 Å². The number of fused-ring (bicyclic) bond motifs is 1. The van der Waals surface area contributed by atoms with E-state index >= 15 is 0 Å². The van der Waals surface area contributed by atoms with Crippen LogP contribution < -0.4 is 4.90 Å². The molecule has 0 aliphatic heterocycles. The predicted molar refractivity (Wildman–Crippen MR) is 128 cm³/mol. The molecule has 0 spiro atoms. The largest absolute Gasteiger partial charge is 0.302 e. The van der Waals surface area contributed by atoms with E-state index in [0.717, 1.165) is 23.3 Å². The molecule has 9 heteroatoms. The summed E-state index contributed by atoms with van der Waals surface area (Å²) in [4.78, 5) is 22.1. The average molecular weight is 480 g/mol. The number of halogens is 1. The van der Waals surface area contributed by atoms with Crippen molar-refractivity contribution in [2.45, 2.75) is 25.7 Å². The van der Waals surface area contributed by atoms with Gasteiger partial charge in [0.05, 0.1) is 26.4 Å². The van der Waals surface area contributed by atoms with Crippen LogP contribution in [0.5, 0.6) is 0 Å². The van der Waals surface area contributed by atoms with E-state index in [0.29, 0.717) is 23.2 Å². The van der Waals surface area contributed by atoms with Gasteiger partial charge in [-0.2, -0.15) is 0 Å². The third kappa shape index (κ3) is 5.26. The number of benzene rings is 2. The number of hydrogen-bond acceptors (Lipinski definition) is 6. The second kappa shape index (κ2) is 10.1. The molecule has 6 nitrogen and oxygen atoms in total. The van der Waals surface area contributed by atoms with Crippen LogP contribution in [0.1, 0.15) is 31.1 Å². The summed E-state index contributed by atoms with van der Waals surface area (Å²) in [6.07, 6.45) is 0. The summed E-state index contributed by atoms with van der Waals surface area (Å²) in [6, 6.07) is 11.8. The normalized spacial score (nSPS) is 11.9. The van der Waals surface area contributed by atoms with Gasteiger partial charge in [0, 0.05) is 18.1 Å². The van der Waals surface area contributed by atoms with Gasteiger partial charge in [-0.05, 0) is 43.4 Å². The fraction of sp³-hybridized carbons (Fsp3) is 0.364. The van der Waals surface area contributed by atoms with Gasteiger partial charge in [-0.3, -0.25) is 9.69 Å². The monoisotopic (exact) mass is 479 g/mol. The van der Waals surface area contributed by atoms with Crippen LogP contribution in [-0.2, 0) is 9.84 Å². The first-order valence-corrected chi connectivity index (χ1v) is 13.1. The summed E-state index contributed by atoms with van der Waals surface area (Å²) in [5.74, 6) is -0.443. The van der Waals surface area contributed by atoms with Crippen molar-refractivity contribution >= 4 is 54.0 Å². The van der Waals surface area contributed by atoms with Gasteiger partial charge in [0.25, 0.3) is 5.91 Å². The topological polar surface area (TPSA) is 70.6 Å². The number of anilines is 1. The lowest BCUT2D eigenvalue weighted by Gasteiger charge is -2.25. The zero-order valence-corrected chi connectivity index (χ0v) is 20.2. The average Bonchev–Trinajstić information content (AvgIpc) is 3.19. The molecule has 3 rings (SSSR count). The first-order valence-electron chi connectivity index (χ1n) is 10.2. The van der Waals surface area contributed by atoms with Crippen LogP contribution in [0.3, 0.4) is 0 Å². The van der Waals surface area contributed by atoms with Crippen LogP contribution in [0.4, 0.5) is 5.13 Å². The summed E-state index contributed by atoms with van der Waals surface area (Å²) >= 11 is 7.49. The van der Waals surface area contributed by atoms with Gasteiger partial charge in [-0.15, -0.1) is 0 Å². The Labute approximate surface area is 192 Å². The minimum atomic E-state index is -3.55. The van der Waals surface area contributed by atoms with Crippen LogP contribution in [0, 0.1) is 0 Å². The Hall–Kier alpha value is -2.00. The molecule has 0 N–H and O–H groups in total. The summed E-state index contributed by atoms with van der Waals surface area (Å²) in [5, 5.41) is 1.13. The van der Waals surface area contributed by atoms with E-state index in [1.165, 1.54) is 17.4 Å².